The highest BCUT2D eigenvalue weighted by atomic mass is 32.2. The van der Waals surface area contributed by atoms with Gasteiger partial charge in [-0.05, 0) is 41.3 Å². The molecule has 0 fully saturated rings. The van der Waals surface area contributed by atoms with Gasteiger partial charge >= 0.3 is 12.1 Å². The Morgan fingerprint density at radius 3 is 2.31 bits per heavy atom. The normalized spacial score (nSPS) is 13.2. The second-order valence-electron chi connectivity index (χ2n) is 7.65. The predicted octanol–water partition coefficient (Wildman–Crippen LogP) is 4.62. The van der Waals surface area contributed by atoms with Gasteiger partial charge in [-0.2, -0.15) is 11.8 Å². The van der Waals surface area contributed by atoms with Gasteiger partial charge in [-0.25, -0.2) is 9.59 Å². The highest BCUT2D eigenvalue weighted by Crippen LogP contribution is 2.44. The molecule has 4 rings (SSSR count). The number of pyridine rings is 1. The first-order valence-electron chi connectivity index (χ1n) is 10.4. The first-order valence-corrected chi connectivity index (χ1v) is 11.5. The number of ether oxygens (including phenoxy) is 1. The lowest BCUT2D eigenvalue weighted by Crippen LogP contribution is -2.43. The molecular weight excluding hydrogens is 424 g/mol. The summed E-state index contributed by atoms with van der Waals surface area (Å²) in [6.07, 6.45) is -0.728. The number of hydrogen-bond donors (Lipinski definition) is 2. The molecule has 32 heavy (non-hydrogen) atoms. The summed E-state index contributed by atoms with van der Waals surface area (Å²) < 4.78 is 5.47. The molecule has 1 atom stereocenters. The van der Waals surface area contributed by atoms with E-state index in [2.05, 4.69) is 22.4 Å². The van der Waals surface area contributed by atoms with Crippen LogP contribution in [-0.2, 0) is 15.3 Å². The third-order valence-electron chi connectivity index (χ3n) is 5.41. The molecule has 1 aliphatic carbocycles. The number of carboxylic acids is 1. The van der Waals surface area contributed by atoms with Gasteiger partial charge in [-0.15, -0.1) is 0 Å². The summed E-state index contributed by atoms with van der Waals surface area (Å²) in [7, 11) is 0. The monoisotopic (exact) mass is 448 g/mol. The van der Waals surface area contributed by atoms with Crippen LogP contribution in [0.15, 0.2) is 66.7 Å². The number of nitrogens with zero attached hydrogens (tertiary/aromatic N) is 1. The van der Waals surface area contributed by atoms with E-state index in [1.807, 2.05) is 61.5 Å². The van der Waals surface area contributed by atoms with Gasteiger partial charge in [0.05, 0.1) is 5.69 Å². The fraction of sp³-hybridized carbons (Fsp3) is 0.240. The standard InChI is InChI=1S/C25H24N2O4S/c1-16-7-6-8-17(26-16)14-32-15-23(24(28)29)27-25(30)31-13-22-20-11-4-2-9-18(20)19-10-3-5-12-21(19)22/h2-12,22-23H,13-15H2,1H3,(H,27,30)(H,28,29). The van der Waals surface area contributed by atoms with Crippen molar-refractivity contribution < 1.29 is 19.4 Å². The number of hydrogen-bond acceptors (Lipinski definition) is 5. The van der Waals surface area contributed by atoms with Crippen LogP contribution in [0.1, 0.15) is 28.4 Å². The number of nitrogens with one attached hydrogen (secondary N) is 1. The molecule has 0 saturated carbocycles. The molecule has 0 spiro atoms. The molecule has 0 radical (unpaired) electrons. The first-order chi connectivity index (χ1) is 15.5. The second kappa shape index (κ2) is 9.87. The fourth-order valence-electron chi connectivity index (χ4n) is 3.92. The predicted molar refractivity (Wildman–Crippen MR) is 125 cm³/mol. The van der Waals surface area contributed by atoms with Crippen LogP contribution in [0.3, 0.4) is 0 Å². The van der Waals surface area contributed by atoms with Crippen LogP contribution < -0.4 is 5.32 Å². The minimum atomic E-state index is -1.09. The number of rotatable bonds is 8. The summed E-state index contributed by atoms with van der Waals surface area (Å²) in [6, 6.07) is 20.8. The quantitative estimate of drug-likeness (QED) is 0.523. The summed E-state index contributed by atoms with van der Waals surface area (Å²) >= 11 is 1.40. The zero-order valence-electron chi connectivity index (χ0n) is 17.7. The molecule has 2 aromatic carbocycles. The van der Waals surface area contributed by atoms with Crippen molar-refractivity contribution in [2.24, 2.45) is 0 Å². The Labute approximate surface area is 191 Å². The third kappa shape index (κ3) is 4.94. The van der Waals surface area contributed by atoms with E-state index in [1.54, 1.807) is 0 Å². The van der Waals surface area contributed by atoms with E-state index in [4.69, 9.17) is 4.74 Å². The molecule has 6 nitrogen and oxygen atoms in total. The van der Waals surface area contributed by atoms with Crippen LogP contribution in [0, 0.1) is 6.92 Å². The number of carbonyl (C=O) groups excluding carboxylic acids is 1. The topological polar surface area (TPSA) is 88.5 Å². The summed E-state index contributed by atoms with van der Waals surface area (Å²) in [6.45, 7) is 2.06. The van der Waals surface area contributed by atoms with E-state index >= 15 is 0 Å². The van der Waals surface area contributed by atoms with E-state index in [1.165, 1.54) is 11.8 Å². The average Bonchev–Trinajstić information content (AvgIpc) is 3.11. The molecular formula is C25H24N2O4S. The molecule has 1 heterocycles. The van der Waals surface area contributed by atoms with Crippen molar-refractivity contribution in [3.63, 3.8) is 0 Å². The summed E-state index contributed by atoms with van der Waals surface area (Å²) in [4.78, 5) is 28.4. The maximum atomic E-state index is 12.4. The van der Waals surface area contributed by atoms with Gasteiger partial charge < -0.3 is 15.2 Å². The number of carboxylic acid groups (broad SMARTS) is 1. The molecule has 164 valence electrons. The maximum Gasteiger partial charge on any atom is 0.407 e. The molecule has 2 N–H and O–H groups in total. The van der Waals surface area contributed by atoms with Crippen molar-refractivity contribution >= 4 is 23.8 Å². The Balaban J connectivity index is 1.34. The van der Waals surface area contributed by atoms with E-state index in [-0.39, 0.29) is 18.3 Å². The number of carbonyl (C=O) groups is 2. The van der Waals surface area contributed by atoms with Gasteiger partial charge in [-0.1, -0.05) is 54.6 Å². The van der Waals surface area contributed by atoms with Crippen LogP contribution in [0.5, 0.6) is 0 Å². The number of aromatic nitrogens is 1. The number of fused-ring (bicyclic) bond motifs is 3. The molecule has 0 bridgehead atoms. The number of thioether (sulfide) groups is 1. The molecule has 1 aliphatic rings. The average molecular weight is 449 g/mol. The number of benzene rings is 2. The van der Waals surface area contributed by atoms with Gasteiger partial charge in [-0.3, -0.25) is 4.98 Å². The number of aryl methyl sites for hydroxylation is 1. The van der Waals surface area contributed by atoms with Crippen molar-refractivity contribution in [3.8, 4) is 11.1 Å². The first kappa shape index (κ1) is 21.9. The zero-order valence-corrected chi connectivity index (χ0v) is 18.5. The smallest absolute Gasteiger partial charge is 0.407 e. The summed E-state index contributed by atoms with van der Waals surface area (Å²) in [5, 5.41) is 12.0. The van der Waals surface area contributed by atoms with Crippen molar-refractivity contribution in [2.45, 2.75) is 24.6 Å². The van der Waals surface area contributed by atoms with Crippen LogP contribution in [0.4, 0.5) is 4.79 Å². The number of aliphatic carboxylic acids is 1. The highest BCUT2D eigenvalue weighted by Gasteiger charge is 2.29. The van der Waals surface area contributed by atoms with Gasteiger partial charge in [0.15, 0.2) is 0 Å². The van der Waals surface area contributed by atoms with Crippen molar-refractivity contribution in [1.82, 2.24) is 10.3 Å². The van der Waals surface area contributed by atoms with Crippen molar-refractivity contribution in [2.75, 3.05) is 12.4 Å². The molecule has 3 aromatic rings. The number of amides is 1. The lowest BCUT2D eigenvalue weighted by molar-refractivity contribution is -0.138. The Kier molecular flexibility index (Phi) is 6.75. The van der Waals surface area contributed by atoms with Crippen LogP contribution in [-0.4, -0.2) is 40.6 Å². The second-order valence-corrected chi connectivity index (χ2v) is 8.68. The Morgan fingerprint density at radius 2 is 1.69 bits per heavy atom. The van der Waals surface area contributed by atoms with E-state index in [0.717, 1.165) is 33.6 Å². The minimum Gasteiger partial charge on any atom is -0.480 e. The van der Waals surface area contributed by atoms with E-state index in [9.17, 15) is 14.7 Å². The Bertz CT molecular complexity index is 1090. The van der Waals surface area contributed by atoms with Crippen LogP contribution >= 0.6 is 11.8 Å². The van der Waals surface area contributed by atoms with Gasteiger partial charge in [0, 0.05) is 23.1 Å². The van der Waals surface area contributed by atoms with Crippen molar-refractivity contribution in [1.29, 1.82) is 0 Å². The molecule has 1 unspecified atom stereocenters. The van der Waals surface area contributed by atoms with E-state index < -0.39 is 18.1 Å². The maximum absolute atomic E-state index is 12.4. The third-order valence-corrected chi connectivity index (χ3v) is 6.48. The Morgan fingerprint density at radius 1 is 1.03 bits per heavy atom. The molecule has 0 aliphatic heterocycles. The number of alkyl carbamates (subject to hydrolysis) is 1. The highest BCUT2D eigenvalue weighted by molar-refractivity contribution is 7.98. The van der Waals surface area contributed by atoms with Gasteiger partial charge in [0.25, 0.3) is 0 Å². The molecule has 1 amide bonds. The largest absolute Gasteiger partial charge is 0.480 e. The van der Waals surface area contributed by atoms with Gasteiger partial charge in [0.2, 0.25) is 0 Å². The van der Waals surface area contributed by atoms with Crippen LogP contribution in [0.2, 0.25) is 0 Å². The summed E-state index contributed by atoms with van der Waals surface area (Å²) in [5.74, 6) is -0.381. The SMILES string of the molecule is Cc1cccc(CSCC(NC(=O)OCC2c3ccccc3-c3ccccc32)C(=O)O)n1. The van der Waals surface area contributed by atoms with Gasteiger partial charge in [0.1, 0.15) is 12.6 Å². The minimum absolute atomic E-state index is 0.0711. The zero-order chi connectivity index (χ0) is 22.5. The van der Waals surface area contributed by atoms with Crippen LogP contribution in [0.25, 0.3) is 11.1 Å². The van der Waals surface area contributed by atoms with Crippen molar-refractivity contribution in [3.05, 3.63) is 89.2 Å². The Hall–Kier alpha value is -3.32. The summed E-state index contributed by atoms with van der Waals surface area (Å²) in [5.41, 5.74) is 6.29. The van der Waals surface area contributed by atoms with E-state index in [0.29, 0.717) is 5.75 Å². The molecule has 0 saturated heterocycles. The fourth-order valence-corrected chi connectivity index (χ4v) is 4.87. The molecule has 1 aromatic heterocycles. The lowest BCUT2D eigenvalue weighted by Gasteiger charge is -2.17. The molecule has 7 heteroatoms. The lowest BCUT2D eigenvalue weighted by atomic mass is 9.98.